The van der Waals surface area contributed by atoms with Crippen molar-refractivity contribution in [1.82, 2.24) is 9.71 Å². The number of nitrogens with two attached hydrogens (primary N) is 1. The van der Waals surface area contributed by atoms with Crippen molar-refractivity contribution in [3.05, 3.63) is 72.4 Å². The van der Waals surface area contributed by atoms with Crippen molar-refractivity contribution in [2.75, 3.05) is 24.2 Å². The van der Waals surface area contributed by atoms with Gasteiger partial charge in [0.05, 0.1) is 22.7 Å². The summed E-state index contributed by atoms with van der Waals surface area (Å²) in [6.07, 6.45) is 2.79. The van der Waals surface area contributed by atoms with E-state index in [-0.39, 0.29) is 34.9 Å². The van der Waals surface area contributed by atoms with Crippen molar-refractivity contribution < 1.29 is 22.7 Å². The number of amides is 1. The molecule has 0 aliphatic rings. The van der Waals surface area contributed by atoms with Crippen LogP contribution in [0, 0.1) is 0 Å². The normalized spacial score (nSPS) is 11.2. The van der Waals surface area contributed by atoms with Gasteiger partial charge in [0.25, 0.3) is 5.91 Å². The van der Waals surface area contributed by atoms with Gasteiger partial charge in [-0.3, -0.25) is 9.78 Å². The standard InChI is InChI=1S/C22H22N4O5S/c1-3-11-25-32(29,30)16-8-5-14(6-9-16)21(27)26-15-7-10-19-17(12-15)20(23)18(13-24-19)22(28)31-4-2/h3,5-10,12-13,25H,1,4,11H2,2H3,(H2,23,24)(H,26,27). The zero-order valence-electron chi connectivity index (χ0n) is 17.3. The van der Waals surface area contributed by atoms with Crippen LogP contribution in [0.3, 0.4) is 0 Å². The third kappa shape index (κ3) is 4.93. The number of nitrogens with one attached hydrogen (secondary N) is 2. The average Bonchev–Trinajstić information content (AvgIpc) is 2.78. The quantitative estimate of drug-likeness (QED) is 0.351. The molecule has 0 fully saturated rings. The second kappa shape index (κ2) is 9.58. The van der Waals surface area contributed by atoms with Crippen LogP contribution in [0.25, 0.3) is 10.9 Å². The average molecular weight is 455 g/mol. The second-order valence-corrected chi connectivity index (χ2v) is 8.42. The Morgan fingerprint density at radius 1 is 1.19 bits per heavy atom. The Labute approximate surface area is 185 Å². The van der Waals surface area contributed by atoms with Crippen LogP contribution in [-0.4, -0.2) is 38.4 Å². The summed E-state index contributed by atoms with van der Waals surface area (Å²) in [6.45, 7) is 5.46. The first-order valence-electron chi connectivity index (χ1n) is 9.64. The summed E-state index contributed by atoms with van der Waals surface area (Å²) < 4.78 is 31.6. The largest absolute Gasteiger partial charge is 0.462 e. The Kier molecular flexibility index (Phi) is 6.86. The summed E-state index contributed by atoms with van der Waals surface area (Å²) >= 11 is 0. The lowest BCUT2D eigenvalue weighted by atomic mass is 10.1. The minimum Gasteiger partial charge on any atom is -0.462 e. The van der Waals surface area contributed by atoms with Gasteiger partial charge in [-0.1, -0.05) is 6.08 Å². The van der Waals surface area contributed by atoms with Crippen LogP contribution in [-0.2, 0) is 14.8 Å². The molecule has 0 saturated carbocycles. The number of hydrogen-bond acceptors (Lipinski definition) is 7. The predicted molar refractivity (Wildman–Crippen MR) is 122 cm³/mol. The lowest BCUT2D eigenvalue weighted by Gasteiger charge is -2.11. The van der Waals surface area contributed by atoms with Gasteiger partial charge in [-0.25, -0.2) is 17.9 Å². The molecule has 1 aromatic heterocycles. The molecule has 3 aromatic rings. The van der Waals surface area contributed by atoms with Gasteiger partial charge < -0.3 is 15.8 Å². The molecule has 4 N–H and O–H groups in total. The van der Waals surface area contributed by atoms with Gasteiger partial charge in [-0.2, -0.15) is 0 Å². The second-order valence-electron chi connectivity index (χ2n) is 6.66. The highest BCUT2D eigenvalue weighted by atomic mass is 32.2. The minimum atomic E-state index is -3.68. The number of sulfonamides is 1. The van der Waals surface area contributed by atoms with Gasteiger partial charge >= 0.3 is 5.97 Å². The number of carbonyl (C=O) groups excluding carboxylic acids is 2. The summed E-state index contributed by atoms with van der Waals surface area (Å²) in [7, 11) is -3.68. The monoisotopic (exact) mass is 454 g/mol. The predicted octanol–water partition coefficient (Wildman–Crippen LogP) is 2.71. The number of aromatic nitrogens is 1. The number of hydrogen-bond donors (Lipinski definition) is 3. The molecular formula is C22H22N4O5S. The van der Waals surface area contributed by atoms with Crippen molar-refractivity contribution in [3.63, 3.8) is 0 Å². The van der Waals surface area contributed by atoms with E-state index in [1.54, 1.807) is 25.1 Å². The Balaban J connectivity index is 1.83. The fourth-order valence-corrected chi connectivity index (χ4v) is 3.90. The molecule has 166 valence electrons. The molecule has 10 heteroatoms. The number of pyridine rings is 1. The molecular weight excluding hydrogens is 432 g/mol. The number of nitrogen functional groups attached to an aromatic ring is 1. The molecule has 0 saturated heterocycles. The Bertz CT molecular complexity index is 1290. The van der Waals surface area contributed by atoms with E-state index in [0.717, 1.165) is 0 Å². The van der Waals surface area contributed by atoms with Crippen LogP contribution >= 0.6 is 0 Å². The smallest absolute Gasteiger partial charge is 0.341 e. The van der Waals surface area contributed by atoms with E-state index in [4.69, 9.17) is 10.5 Å². The minimum absolute atomic E-state index is 0.0342. The van der Waals surface area contributed by atoms with Crippen molar-refractivity contribution in [1.29, 1.82) is 0 Å². The first kappa shape index (κ1) is 22.9. The van der Waals surface area contributed by atoms with E-state index in [2.05, 4.69) is 21.6 Å². The van der Waals surface area contributed by atoms with Crippen molar-refractivity contribution in [2.45, 2.75) is 11.8 Å². The molecule has 1 amide bonds. The lowest BCUT2D eigenvalue weighted by molar-refractivity contribution is 0.0527. The highest BCUT2D eigenvalue weighted by molar-refractivity contribution is 7.89. The zero-order valence-corrected chi connectivity index (χ0v) is 18.1. The van der Waals surface area contributed by atoms with Crippen LogP contribution in [0.15, 0.2) is 66.2 Å². The van der Waals surface area contributed by atoms with Gasteiger partial charge in [0, 0.05) is 29.4 Å². The third-order valence-corrected chi connectivity index (χ3v) is 5.95. The third-order valence-electron chi connectivity index (χ3n) is 4.51. The van der Waals surface area contributed by atoms with Crippen LogP contribution in [0.5, 0.6) is 0 Å². The molecule has 0 spiro atoms. The molecule has 32 heavy (non-hydrogen) atoms. The number of nitrogens with zero attached hydrogens (tertiary/aromatic N) is 1. The molecule has 2 aromatic carbocycles. The van der Waals surface area contributed by atoms with Gasteiger partial charge in [0.1, 0.15) is 5.56 Å². The highest BCUT2D eigenvalue weighted by Crippen LogP contribution is 2.27. The molecule has 0 aliphatic heterocycles. The molecule has 3 rings (SSSR count). The first-order valence-corrected chi connectivity index (χ1v) is 11.1. The highest BCUT2D eigenvalue weighted by Gasteiger charge is 2.16. The fraction of sp³-hybridized carbons (Fsp3) is 0.136. The number of carbonyl (C=O) groups is 2. The lowest BCUT2D eigenvalue weighted by Crippen LogP contribution is -2.23. The molecule has 0 atom stereocenters. The maximum absolute atomic E-state index is 12.6. The fourth-order valence-electron chi connectivity index (χ4n) is 2.90. The first-order chi connectivity index (χ1) is 15.3. The molecule has 9 nitrogen and oxygen atoms in total. The Morgan fingerprint density at radius 3 is 2.56 bits per heavy atom. The van der Waals surface area contributed by atoms with Crippen molar-refractivity contribution in [3.8, 4) is 0 Å². The number of anilines is 2. The topological polar surface area (TPSA) is 140 Å². The molecule has 0 unspecified atom stereocenters. The molecule has 0 bridgehead atoms. The van der Waals surface area contributed by atoms with E-state index in [0.29, 0.717) is 16.6 Å². The number of rotatable bonds is 8. The van der Waals surface area contributed by atoms with Gasteiger partial charge in [-0.15, -0.1) is 6.58 Å². The van der Waals surface area contributed by atoms with Crippen LogP contribution in [0.2, 0.25) is 0 Å². The number of esters is 1. The number of benzene rings is 2. The number of fused-ring (bicyclic) bond motifs is 1. The molecule has 0 aliphatic carbocycles. The van der Waals surface area contributed by atoms with Crippen molar-refractivity contribution >= 4 is 44.2 Å². The maximum atomic E-state index is 12.6. The van der Waals surface area contributed by atoms with Gasteiger partial charge in [0.2, 0.25) is 10.0 Å². The summed E-state index contributed by atoms with van der Waals surface area (Å²) in [4.78, 5) is 28.9. The van der Waals surface area contributed by atoms with E-state index in [9.17, 15) is 18.0 Å². The molecule has 0 radical (unpaired) electrons. The van der Waals surface area contributed by atoms with E-state index >= 15 is 0 Å². The van der Waals surface area contributed by atoms with Crippen molar-refractivity contribution in [2.24, 2.45) is 0 Å². The summed E-state index contributed by atoms with van der Waals surface area (Å²) in [5.74, 6) is -1.02. The van der Waals surface area contributed by atoms with E-state index in [1.165, 1.54) is 36.5 Å². The SMILES string of the molecule is C=CCNS(=O)(=O)c1ccc(C(=O)Nc2ccc3ncc(C(=O)OCC)c(N)c3c2)cc1. The Hall–Kier alpha value is -3.76. The summed E-state index contributed by atoms with van der Waals surface area (Å²) in [6, 6.07) is 10.4. The van der Waals surface area contributed by atoms with Crippen LogP contribution in [0.4, 0.5) is 11.4 Å². The summed E-state index contributed by atoms with van der Waals surface area (Å²) in [5, 5.41) is 3.22. The number of ether oxygens (including phenoxy) is 1. The van der Waals surface area contributed by atoms with Crippen LogP contribution < -0.4 is 15.8 Å². The Morgan fingerprint density at radius 2 is 1.91 bits per heavy atom. The van der Waals surface area contributed by atoms with E-state index < -0.39 is 21.9 Å². The van der Waals surface area contributed by atoms with E-state index in [1.807, 2.05) is 0 Å². The zero-order chi connectivity index (χ0) is 23.3. The maximum Gasteiger partial charge on any atom is 0.341 e. The van der Waals surface area contributed by atoms with Gasteiger partial charge in [0.15, 0.2) is 0 Å². The van der Waals surface area contributed by atoms with Gasteiger partial charge in [-0.05, 0) is 49.4 Å². The van der Waals surface area contributed by atoms with Crippen LogP contribution in [0.1, 0.15) is 27.6 Å². The molecule has 1 heterocycles. The summed E-state index contributed by atoms with van der Waals surface area (Å²) in [5.41, 5.74) is 7.72.